The second kappa shape index (κ2) is 5.00. The van der Waals surface area contributed by atoms with Gasteiger partial charge in [0, 0.05) is 23.7 Å². The summed E-state index contributed by atoms with van der Waals surface area (Å²) in [6, 6.07) is 4.76. The van der Waals surface area contributed by atoms with Crippen molar-refractivity contribution in [3.05, 3.63) is 55.4 Å². The Morgan fingerprint density at radius 3 is 2.80 bits per heavy atom. The molecule has 1 aliphatic rings. The lowest BCUT2D eigenvalue weighted by Gasteiger charge is -2.26. The van der Waals surface area contributed by atoms with Crippen LogP contribution in [0.3, 0.4) is 0 Å². The Hall–Kier alpha value is -1.72. The maximum atomic E-state index is 12.5. The van der Waals surface area contributed by atoms with E-state index in [-0.39, 0.29) is 18.0 Å². The van der Waals surface area contributed by atoms with Crippen molar-refractivity contribution in [3.8, 4) is 0 Å². The van der Waals surface area contributed by atoms with Crippen LogP contribution in [0.25, 0.3) is 0 Å². The average molecular weight is 312 g/mol. The topological polar surface area (TPSA) is 69.0 Å². The molecule has 1 aliphatic heterocycles. The second-order valence-corrected chi connectivity index (χ2v) is 5.48. The van der Waals surface area contributed by atoms with Gasteiger partial charge in [-0.1, -0.05) is 23.2 Å². The van der Waals surface area contributed by atoms with Crippen molar-refractivity contribution in [2.24, 2.45) is 0 Å². The first-order valence-corrected chi connectivity index (χ1v) is 6.84. The molecule has 104 valence electrons. The molecule has 0 saturated carbocycles. The van der Waals surface area contributed by atoms with Crippen molar-refractivity contribution in [1.82, 2.24) is 15.1 Å². The van der Waals surface area contributed by atoms with Crippen LogP contribution >= 0.6 is 23.2 Å². The monoisotopic (exact) mass is 311 g/mol. The third-order valence-electron chi connectivity index (χ3n) is 3.39. The third-order valence-corrected chi connectivity index (χ3v) is 3.94. The largest absolute Gasteiger partial charge is 0.334 e. The molecule has 0 saturated heterocycles. The number of hydrogen-bond acceptors (Lipinski definition) is 2. The summed E-state index contributed by atoms with van der Waals surface area (Å²) in [5.74, 6) is -0.196. The van der Waals surface area contributed by atoms with Gasteiger partial charge in [-0.15, -0.1) is 0 Å². The van der Waals surface area contributed by atoms with Gasteiger partial charge in [-0.3, -0.25) is 14.7 Å². The van der Waals surface area contributed by atoms with Crippen molar-refractivity contribution in [3.63, 3.8) is 0 Å². The number of nitrogens with one attached hydrogen (secondary N) is 2. The molecule has 1 aromatic carbocycles. The Bertz CT molecular complexity index is 735. The quantitative estimate of drug-likeness (QED) is 0.847. The molecule has 20 heavy (non-hydrogen) atoms. The van der Waals surface area contributed by atoms with E-state index in [4.69, 9.17) is 23.2 Å². The minimum Gasteiger partial charge on any atom is -0.334 e. The van der Waals surface area contributed by atoms with E-state index in [1.807, 2.05) is 0 Å². The normalized spacial score (nSPS) is 14.2. The average Bonchev–Trinajstić information content (AvgIpc) is 2.79. The smallest absolute Gasteiger partial charge is 0.269 e. The number of hydrogen-bond donors (Lipinski definition) is 2. The lowest BCUT2D eigenvalue weighted by molar-refractivity contribution is 0.0734. The van der Waals surface area contributed by atoms with Gasteiger partial charge in [0.15, 0.2) is 0 Å². The molecule has 0 spiro atoms. The molecule has 0 aliphatic carbocycles. The van der Waals surface area contributed by atoms with E-state index in [1.54, 1.807) is 17.0 Å². The zero-order valence-corrected chi connectivity index (χ0v) is 11.9. The van der Waals surface area contributed by atoms with Crippen LogP contribution in [0.5, 0.6) is 0 Å². The summed E-state index contributed by atoms with van der Waals surface area (Å²) < 4.78 is 0. The second-order valence-electron chi connectivity index (χ2n) is 4.64. The summed E-state index contributed by atoms with van der Waals surface area (Å²) in [5.41, 5.74) is 1.68. The number of carbonyl (C=O) groups is 1. The molecule has 1 amide bonds. The SMILES string of the molecule is O=C(c1ccc(Cl)cc1Cl)N1CCc2[nH][nH]c(=O)c2C1. The zero-order valence-electron chi connectivity index (χ0n) is 10.4. The van der Waals surface area contributed by atoms with Crippen LogP contribution in [0.4, 0.5) is 0 Å². The highest BCUT2D eigenvalue weighted by molar-refractivity contribution is 6.36. The van der Waals surface area contributed by atoms with E-state index in [1.165, 1.54) is 6.07 Å². The Labute approximate surface area is 124 Å². The van der Waals surface area contributed by atoms with Gasteiger partial charge in [-0.25, -0.2) is 0 Å². The van der Waals surface area contributed by atoms with E-state index >= 15 is 0 Å². The molecular formula is C13H11Cl2N3O2. The minimum atomic E-state index is -0.196. The van der Waals surface area contributed by atoms with Crippen LogP contribution in [-0.2, 0) is 13.0 Å². The summed E-state index contributed by atoms with van der Waals surface area (Å²) in [4.78, 5) is 25.7. The summed E-state index contributed by atoms with van der Waals surface area (Å²) in [5, 5.41) is 6.16. The molecule has 2 aromatic rings. The molecule has 2 heterocycles. The fourth-order valence-corrected chi connectivity index (χ4v) is 2.81. The van der Waals surface area contributed by atoms with Gasteiger partial charge >= 0.3 is 0 Å². The highest BCUT2D eigenvalue weighted by atomic mass is 35.5. The number of halogens is 2. The van der Waals surface area contributed by atoms with Crippen LogP contribution < -0.4 is 5.56 Å². The number of aromatic nitrogens is 2. The van der Waals surface area contributed by atoms with Crippen molar-refractivity contribution >= 4 is 29.1 Å². The maximum Gasteiger partial charge on any atom is 0.269 e. The van der Waals surface area contributed by atoms with Gasteiger partial charge in [-0.05, 0) is 18.2 Å². The van der Waals surface area contributed by atoms with E-state index in [2.05, 4.69) is 10.2 Å². The fraction of sp³-hybridized carbons (Fsp3) is 0.231. The fourth-order valence-electron chi connectivity index (χ4n) is 2.32. The van der Waals surface area contributed by atoms with Crippen LogP contribution in [0.2, 0.25) is 10.0 Å². The van der Waals surface area contributed by atoms with Gasteiger partial charge in [0.2, 0.25) is 0 Å². The van der Waals surface area contributed by atoms with Crippen molar-refractivity contribution in [2.45, 2.75) is 13.0 Å². The minimum absolute atomic E-state index is 0.181. The number of fused-ring (bicyclic) bond motifs is 1. The molecule has 0 radical (unpaired) electrons. The zero-order chi connectivity index (χ0) is 14.3. The van der Waals surface area contributed by atoms with Crippen molar-refractivity contribution in [1.29, 1.82) is 0 Å². The Balaban J connectivity index is 1.89. The van der Waals surface area contributed by atoms with Crippen molar-refractivity contribution in [2.75, 3.05) is 6.54 Å². The predicted octanol–water partition coefficient (Wildman–Crippen LogP) is 2.21. The molecule has 0 unspecified atom stereocenters. The number of aromatic amines is 2. The summed E-state index contributed by atoms with van der Waals surface area (Å²) in [7, 11) is 0. The highest BCUT2D eigenvalue weighted by Crippen LogP contribution is 2.24. The Kier molecular flexibility index (Phi) is 3.31. The van der Waals surface area contributed by atoms with Gasteiger partial charge < -0.3 is 10.00 Å². The van der Waals surface area contributed by atoms with Crippen LogP contribution in [0.1, 0.15) is 21.6 Å². The van der Waals surface area contributed by atoms with Crippen LogP contribution in [-0.4, -0.2) is 27.5 Å². The summed E-state index contributed by atoms with van der Waals surface area (Å²) in [6.45, 7) is 0.824. The maximum absolute atomic E-state index is 12.5. The summed E-state index contributed by atoms with van der Waals surface area (Å²) >= 11 is 11.9. The number of benzene rings is 1. The Morgan fingerprint density at radius 1 is 1.25 bits per heavy atom. The highest BCUT2D eigenvalue weighted by Gasteiger charge is 2.25. The number of carbonyl (C=O) groups excluding carboxylic acids is 1. The molecular weight excluding hydrogens is 301 g/mol. The van der Waals surface area contributed by atoms with Crippen molar-refractivity contribution < 1.29 is 4.79 Å². The van der Waals surface area contributed by atoms with Gasteiger partial charge in [0.25, 0.3) is 11.5 Å². The molecule has 3 rings (SSSR count). The number of rotatable bonds is 1. The van der Waals surface area contributed by atoms with E-state index in [9.17, 15) is 9.59 Å². The summed E-state index contributed by atoms with van der Waals surface area (Å²) in [6.07, 6.45) is 0.616. The molecule has 7 heteroatoms. The number of nitrogens with zero attached hydrogens (tertiary/aromatic N) is 1. The predicted molar refractivity (Wildman–Crippen MR) is 76.3 cm³/mol. The molecule has 0 fully saturated rings. The molecule has 2 N–H and O–H groups in total. The standard InChI is InChI=1S/C13H11Cl2N3O2/c14-7-1-2-8(10(15)5-7)13(20)18-4-3-11-9(6-18)12(19)17-16-11/h1-2,5H,3-4,6H2,(H2,16,17,19). The van der Waals surface area contributed by atoms with E-state index in [0.29, 0.717) is 34.1 Å². The molecule has 0 bridgehead atoms. The third kappa shape index (κ3) is 2.23. The first-order valence-electron chi connectivity index (χ1n) is 6.09. The Morgan fingerprint density at radius 2 is 2.05 bits per heavy atom. The van der Waals surface area contributed by atoms with Gasteiger partial charge in [0.1, 0.15) is 0 Å². The molecule has 5 nitrogen and oxygen atoms in total. The van der Waals surface area contributed by atoms with Crippen LogP contribution in [0.15, 0.2) is 23.0 Å². The first kappa shape index (κ1) is 13.3. The number of H-pyrrole nitrogens is 2. The van der Waals surface area contributed by atoms with Crippen LogP contribution in [0, 0.1) is 0 Å². The van der Waals surface area contributed by atoms with E-state index < -0.39 is 0 Å². The molecule has 1 aromatic heterocycles. The van der Waals surface area contributed by atoms with Gasteiger partial charge in [-0.2, -0.15) is 0 Å². The lowest BCUT2D eigenvalue weighted by atomic mass is 10.1. The molecule has 0 atom stereocenters. The first-order chi connectivity index (χ1) is 9.56. The number of amides is 1. The van der Waals surface area contributed by atoms with Gasteiger partial charge in [0.05, 0.1) is 22.7 Å². The lowest BCUT2D eigenvalue weighted by Crippen LogP contribution is -2.37. The van der Waals surface area contributed by atoms with E-state index in [0.717, 1.165) is 5.69 Å².